The highest BCUT2D eigenvalue weighted by molar-refractivity contribution is 7.61. The van der Waals surface area contributed by atoms with Gasteiger partial charge in [0.1, 0.15) is 0 Å². The van der Waals surface area contributed by atoms with Gasteiger partial charge in [-0.2, -0.15) is 5.26 Å². The summed E-state index contributed by atoms with van der Waals surface area (Å²) >= 11 is 0. The van der Waals surface area contributed by atoms with Crippen molar-refractivity contribution in [2.45, 2.75) is 33.1 Å². The third-order valence-corrected chi connectivity index (χ3v) is 3.77. The number of nitrogens with zero attached hydrogens (tertiary/aromatic N) is 2. The normalized spacial score (nSPS) is 15.1. The molecule has 0 saturated heterocycles. The summed E-state index contributed by atoms with van der Waals surface area (Å²) in [5.74, 6) is 1.78. The van der Waals surface area contributed by atoms with E-state index in [0.29, 0.717) is 13.2 Å². The fraction of sp³-hybridized carbons (Fsp3) is 0.889. The zero-order valence-corrected chi connectivity index (χ0v) is 10.1. The van der Waals surface area contributed by atoms with E-state index >= 15 is 0 Å². The van der Waals surface area contributed by atoms with Gasteiger partial charge < -0.3 is 4.52 Å². The minimum absolute atomic E-state index is 0.398. The molecule has 5 heteroatoms. The Morgan fingerprint density at radius 2 is 2.07 bits per heavy atom. The van der Waals surface area contributed by atoms with Crippen LogP contribution in [0.5, 0.6) is 0 Å². The van der Waals surface area contributed by atoms with Gasteiger partial charge in [-0.15, -0.1) is 0 Å². The Balaban J connectivity index is 4.19. The van der Waals surface area contributed by atoms with Crippen LogP contribution in [0, 0.1) is 11.1 Å². The van der Waals surface area contributed by atoms with Gasteiger partial charge in [-0.25, -0.2) is 4.67 Å². The van der Waals surface area contributed by atoms with E-state index in [1.165, 1.54) is 4.67 Å². The average Bonchev–Trinajstić information content (AvgIpc) is 2.18. The molecule has 0 aromatic carbocycles. The van der Waals surface area contributed by atoms with Crippen LogP contribution < -0.4 is 0 Å². The average molecular weight is 218 g/mol. The first-order chi connectivity index (χ1) is 6.60. The molecular formula is C9H19N2O2P. The fourth-order valence-electron chi connectivity index (χ4n) is 0.992. The zero-order valence-electron chi connectivity index (χ0n) is 9.19. The molecule has 82 valence electrons. The number of nitriles is 1. The molecule has 14 heavy (non-hydrogen) atoms. The summed E-state index contributed by atoms with van der Waals surface area (Å²) in [5, 5.41) is 8.80. The van der Waals surface area contributed by atoms with Crippen LogP contribution in [0.2, 0.25) is 0 Å². The van der Waals surface area contributed by atoms with Crippen LogP contribution in [0.25, 0.3) is 0 Å². The van der Waals surface area contributed by atoms with Gasteiger partial charge >= 0.3 is 7.52 Å². The van der Waals surface area contributed by atoms with Crippen LogP contribution in [0.3, 0.4) is 0 Å². The Hall–Kier alpha value is -0.360. The summed E-state index contributed by atoms with van der Waals surface area (Å²) in [5.41, 5.74) is 0. The largest absolute Gasteiger partial charge is 0.370 e. The van der Waals surface area contributed by atoms with Gasteiger partial charge in [-0.3, -0.25) is 4.57 Å². The molecule has 0 N–H and O–H groups in total. The molecule has 0 spiro atoms. The van der Waals surface area contributed by atoms with E-state index in [1.54, 1.807) is 12.9 Å². The molecule has 0 saturated carbocycles. The summed E-state index contributed by atoms with van der Waals surface area (Å²) in [6.07, 6.45) is 2.67. The highest BCUT2D eigenvalue weighted by Crippen LogP contribution is 2.48. The second-order valence-electron chi connectivity index (χ2n) is 3.19. The third-order valence-electron chi connectivity index (χ3n) is 1.89. The lowest BCUT2D eigenvalue weighted by Gasteiger charge is -2.21. The van der Waals surface area contributed by atoms with Crippen molar-refractivity contribution < 1.29 is 9.09 Å². The molecule has 0 amide bonds. The molecule has 0 heterocycles. The first-order valence-corrected chi connectivity index (χ1v) is 6.56. The molecule has 0 aliphatic heterocycles. The lowest BCUT2D eigenvalue weighted by Crippen LogP contribution is -2.17. The van der Waals surface area contributed by atoms with Crippen LogP contribution >= 0.6 is 7.52 Å². The molecule has 0 aliphatic rings. The molecule has 4 nitrogen and oxygen atoms in total. The Morgan fingerprint density at radius 1 is 1.43 bits per heavy atom. The highest BCUT2D eigenvalue weighted by Gasteiger charge is 2.27. The van der Waals surface area contributed by atoms with Gasteiger partial charge in [-0.05, 0) is 19.9 Å². The van der Waals surface area contributed by atoms with E-state index in [9.17, 15) is 4.57 Å². The molecule has 1 atom stereocenters. The summed E-state index contributed by atoms with van der Waals surface area (Å²) < 4.78 is 18.6. The molecule has 0 aromatic heterocycles. The molecule has 0 fully saturated rings. The molecule has 0 radical (unpaired) electrons. The Morgan fingerprint density at radius 3 is 2.50 bits per heavy atom. The van der Waals surface area contributed by atoms with Crippen molar-refractivity contribution in [3.63, 3.8) is 0 Å². The van der Waals surface area contributed by atoms with Crippen LogP contribution in [-0.2, 0) is 9.09 Å². The van der Waals surface area contributed by atoms with Crippen molar-refractivity contribution in [2.24, 2.45) is 0 Å². The minimum Gasteiger partial charge on any atom is -0.307 e. The SMILES string of the molecule is CCCCOP(=O)(C#N)N(C)CCC. The van der Waals surface area contributed by atoms with E-state index in [0.717, 1.165) is 19.3 Å². The van der Waals surface area contributed by atoms with Crippen LogP contribution in [0.4, 0.5) is 0 Å². The van der Waals surface area contributed by atoms with Gasteiger partial charge in [0.25, 0.3) is 0 Å². The van der Waals surface area contributed by atoms with Crippen molar-refractivity contribution in [3.05, 3.63) is 0 Å². The lowest BCUT2D eigenvalue weighted by molar-refractivity contribution is 0.275. The number of hydrogen-bond acceptors (Lipinski definition) is 3. The summed E-state index contributed by atoms with van der Waals surface area (Å²) in [7, 11) is -1.53. The minimum atomic E-state index is -3.20. The maximum absolute atomic E-state index is 11.9. The van der Waals surface area contributed by atoms with Crippen LogP contribution in [-0.4, -0.2) is 24.9 Å². The maximum Gasteiger partial charge on any atom is 0.370 e. The van der Waals surface area contributed by atoms with E-state index in [1.807, 2.05) is 13.8 Å². The fourth-order valence-corrected chi connectivity index (χ4v) is 2.24. The first-order valence-electron chi connectivity index (χ1n) is 4.98. The van der Waals surface area contributed by atoms with E-state index < -0.39 is 7.52 Å². The van der Waals surface area contributed by atoms with E-state index in [4.69, 9.17) is 9.79 Å². The lowest BCUT2D eigenvalue weighted by atomic mass is 10.4. The Kier molecular flexibility index (Phi) is 6.82. The van der Waals surface area contributed by atoms with Crippen LogP contribution in [0.15, 0.2) is 0 Å². The second-order valence-corrected chi connectivity index (χ2v) is 5.37. The molecule has 1 unspecified atom stereocenters. The van der Waals surface area contributed by atoms with E-state index in [2.05, 4.69) is 0 Å². The van der Waals surface area contributed by atoms with Gasteiger partial charge in [0.05, 0.1) is 6.61 Å². The predicted molar refractivity (Wildman–Crippen MR) is 57.0 cm³/mol. The van der Waals surface area contributed by atoms with E-state index in [-0.39, 0.29) is 0 Å². The molecule has 0 rings (SSSR count). The standard InChI is InChI=1S/C9H19N2O2P/c1-4-6-8-13-14(12,9-10)11(3)7-5-2/h4-8H2,1-3H3. The number of hydrogen-bond donors (Lipinski definition) is 0. The summed E-state index contributed by atoms with van der Waals surface area (Å²) in [6, 6.07) is 0. The zero-order chi connectivity index (χ0) is 11.0. The van der Waals surface area contributed by atoms with Gasteiger partial charge in [0.2, 0.25) is 0 Å². The first kappa shape index (κ1) is 13.6. The number of unbranched alkanes of at least 4 members (excludes halogenated alkanes) is 1. The monoisotopic (exact) mass is 218 g/mol. The van der Waals surface area contributed by atoms with Crippen molar-refractivity contribution in [1.82, 2.24) is 4.67 Å². The highest BCUT2D eigenvalue weighted by atomic mass is 31.2. The third kappa shape index (κ3) is 4.23. The van der Waals surface area contributed by atoms with Gasteiger partial charge in [-0.1, -0.05) is 20.3 Å². The van der Waals surface area contributed by atoms with Crippen LogP contribution in [0.1, 0.15) is 33.1 Å². The smallest absolute Gasteiger partial charge is 0.307 e. The molecule has 0 aromatic rings. The molecular weight excluding hydrogens is 199 g/mol. The van der Waals surface area contributed by atoms with Crippen molar-refractivity contribution in [2.75, 3.05) is 20.2 Å². The Bertz CT molecular complexity index is 237. The second kappa shape index (κ2) is 7.00. The molecule has 0 bridgehead atoms. The quantitative estimate of drug-likeness (QED) is 0.487. The maximum atomic E-state index is 11.9. The molecule has 0 aliphatic carbocycles. The summed E-state index contributed by atoms with van der Waals surface area (Å²) in [4.78, 5) is 0. The van der Waals surface area contributed by atoms with Crippen molar-refractivity contribution in [1.29, 1.82) is 5.26 Å². The van der Waals surface area contributed by atoms with Crippen molar-refractivity contribution in [3.8, 4) is 5.81 Å². The van der Waals surface area contributed by atoms with Crippen molar-refractivity contribution >= 4 is 7.52 Å². The Labute approximate surface area is 86.4 Å². The number of rotatable bonds is 7. The predicted octanol–water partition coefficient (Wildman–Crippen LogP) is 2.82. The summed E-state index contributed by atoms with van der Waals surface area (Å²) in [6.45, 7) is 5.02. The topological polar surface area (TPSA) is 53.3 Å². The van der Waals surface area contributed by atoms with Gasteiger partial charge in [0, 0.05) is 6.54 Å². The van der Waals surface area contributed by atoms with Gasteiger partial charge in [0.15, 0.2) is 5.81 Å².